The first-order chi connectivity index (χ1) is 6.59. The molecule has 0 spiro atoms. The highest BCUT2D eigenvalue weighted by molar-refractivity contribution is 9.10. The van der Waals surface area contributed by atoms with Crippen LogP contribution in [0.15, 0.2) is 22.8 Å². The average molecular weight is 275 g/mol. The Morgan fingerprint density at radius 3 is 2.86 bits per heavy atom. The fraction of sp³-hybridized carbons (Fsp3) is 0.100. The van der Waals surface area contributed by atoms with E-state index in [-0.39, 0.29) is 5.82 Å². The largest absolute Gasteiger partial charge is 0.252 e. The molecule has 0 radical (unpaired) electrons. The van der Waals surface area contributed by atoms with Gasteiger partial charge in [-0.2, -0.15) is 0 Å². The lowest BCUT2D eigenvalue weighted by atomic mass is 10.1. The molecule has 0 saturated carbocycles. The van der Waals surface area contributed by atoms with E-state index in [0.29, 0.717) is 20.4 Å². The lowest BCUT2D eigenvalue weighted by Gasteiger charge is -2.04. The quantitative estimate of drug-likeness (QED) is 0.705. The molecule has 14 heavy (non-hydrogen) atoms. The van der Waals surface area contributed by atoms with E-state index in [1.165, 1.54) is 12.3 Å². The number of aryl methyl sites for hydroxylation is 1. The maximum absolute atomic E-state index is 13.4. The molecule has 0 aliphatic rings. The minimum Gasteiger partial charge on any atom is -0.252 e. The number of halogens is 3. The van der Waals surface area contributed by atoms with Crippen molar-refractivity contribution in [2.75, 3.05) is 0 Å². The molecule has 0 saturated heterocycles. The van der Waals surface area contributed by atoms with E-state index in [2.05, 4.69) is 20.9 Å². The minimum atomic E-state index is -0.339. The third kappa shape index (κ3) is 1.51. The standard InChI is InChI=1S/C10H6BrClFN/c1-5-2-6-9(12)7(11)4-14-10(6)8(13)3-5/h2-4H,1H3. The Kier molecular flexibility index (Phi) is 2.45. The summed E-state index contributed by atoms with van der Waals surface area (Å²) in [6.07, 6.45) is 1.50. The summed E-state index contributed by atoms with van der Waals surface area (Å²) >= 11 is 9.26. The fourth-order valence-corrected chi connectivity index (χ4v) is 1.85. The number of aromatic nitrogens is 1. The van der Waals surface area contributed by atoms with Crippen LogP contribution in [0.2, 0.25) is 5.02 Å². The zero-order valence-electron chi connectivity index (χ0n) is 7.31. The molecule has 2 rings (SSSR count). The van der Waals surface area contributed by atoms with E-state index in [1.54, 1.807) is 0 Å². The molecule has 0 aliphatic carbocycles. The van der Waals surface area contributed by atoms with Gasteiger partial charge in [-0.3, -0.25) is 4.98 Å². The van der Waals surface area contributed by atoms with Gasteiger partial charge in [-0.1, -0.05) is 11.6 Å². The highest BCUT2D eigenvalue weighted by Gasteiger charge is 2.08. The summed E-state index contributed by atoms with van der Waals surface area (Å²) < 4.78 is 14.1. The third-order valence-electron chi connectivity index (χ3n) is 1.96. The monoisotopic (exact) mass is 273 g/mol. The van der Waals surface area contributed by atoms with Gasteiger partial charge in [-0.25, -0.2) is 4.39 Å². The van der Waals surface area contributed by atoms with E-state index in [0.717, 1.165) is 5.56 Å². The first-order valence-electron chi connectivity index (χ1n) is 3.99. The molecular weight excluding hydrogens is 268 g/mol. The van der Waals surface area contributed by atoms with Crippen LogP contribution in [0.5, 0.6) is 0 Å². The molecule has 0 atom stereocenters. The smallest absolute Gasteiger partial charge is 0.149 e. The molecule has 72 valence electrons. The lowest BCUT2D eigenvalue weighted by molar-refractivity contribution is 0.635. The van der Waals surface area contributed by atoms with Crippen LogP contribution in [-0.2, 0) is 0 Å². The van der Waals surface area contributed by atoms with E-state index in [1.807, 2.05) is 13.0 Å². The molecule has 0 unspecified atom stereocenters. The molecule has 0 amide bonds. The number of pyridine rings is 1. The summed E-state index contributed by atoms with van der Waals surface area (Å²) in [5.41, 5.74) is 1.14. The molecule has 0 fully saturated rings. The Morgan fingerprint density at radius 1 is 1.43 bits per heavy atom. The van der Waals surface area contributed by atoms with Gasteiger partial charge >= 0.3 is 0 Å². The molecule has 1 heterocycles. The maximum Gasteiger partial charge on any atom is 0.149 e. The minimum absolute atomic E-state index is 0.309. The normalized spacial score (nSPS) is 10.9. The predicted molar refractivity (Wildman–Crippen MR) is 59.1 cm³/mol. The molecule has 0 bridgehead atoms. The number of nitrogens with zero attached hydrogens (tertiary/aromatic N) is 1. The Labute approximate surface area is 94.0 Å². The van der Waals surface area contributed by atoms with Crippen molar-refractivity contribution >= 4 is 38.4 Å². The number of hydrogen-bond donors (Lipinski definition) is 0. The second-order valence-electron chi connectivity index (χ2n) is 3.06. The van der Waals surface area contributed by atoms with Crippen molar-refractivity contribution in [1.29, 1.82) is 0 Å². The van der Waals surface area contributed by atoms with Crippen molar-refractivity contribution in [3.63, 3.8) is 0 Å². The van der Waals surface area contributed by atoms with Crippen LogP contribution in [0, 0.1) is 12.7 Å². The average Bonchev–Trinajstić information content (AvgIpc) is 2.12. The van der Waals surface area contributed by atoms with Crippen LogP contribution in [-0.4, -0.2) is 4.98 Å². The van der Waals surface area contributed by atoms with E-state index < -0.39 is 0 Å². The van der Waals surface area contributed by atoms with Gasteiger partial charge in [0.2, 0.25) is 0 Å². The Balaban J connectivity index is 2.95. The maximum atomic E-state index is 13.4. The topological polar surface area (TPSA) is 12.9 Å². The molecule has 1 aromatic heterocycles. The van der Waals surface area contributed by atoms with Crippen molar-refractivity contribution in [3.05, 3.63) is 39.2 Å². The Morgan fingerprint density at radius 2 is 2.14 bits per heavy atom. The number of fused-ring (bicyclic) bond motifs is 1. The summed E-state index contributed by atoms with van der Waals surface area (Å²) in [7, 11) is 0. The van der Waals surface area contributed by atoms with Gasteiger partial charge in [0.25, 0.3) is 0 Å². The molecule has 1 nitrogen and oxygen atoms in total. The van der Waals surface area contributed by atoms with Crippen molar-refractivity contribution in [3.8, 4) is 0 Å². The van der Waals surface area contributed by atoms with Crippen LogP contribution < -0.4 is 0 Å². The third-order valence-corrected chi connectivity index (χ3v) is 3.20. The van der Waals surface area contributed by atoms with Crippen LogP contribution >= 0.6 is 27.5 Å². The fourth-order valence-electron chi connectivity index (χ4n) is 1.34. The second kappa shape index (κ2) is 3.48. The van der Waals surface area contributed by atoms with Crippen molar-refractivity contribution < 1.29 is 4.39 Å². The van der Waals surface area contributed by atoms with Crippen molar-refractivity contribution in [2.24, 2.45) is 0 Å². The molecule has 0 N–H and O–H groups in total. The zero-order valence-corrected chi connectivity index (χ0v) is 9.66. The number of hydrogen-bond acceptors (Lipinski definition) is 1. The summed E-state index contributed by atoms with van der Waals surface area (Å²) in [6, 6.07) is 3.26. The van der Waals surface area contributed by atoms with Gasteiger partial charge < -0.3 is 0 Å². The molecular formula is C10H6BrClFN. The van der Waals surface area contributed by atoms with Gasteiger partial charge in [0.1, 0.15) is 11.3 Å². The summed E-state index contributed by atoms with van der Waals surface area (Å²) in [4.78, 5) is 3.98. The molecule has 1 aromatic carbocycles. The van der Waals surface area contributed by atoms with Crippen LogP contribution in [0.1, 0.15) is 5.56 Å². The molecule has 4 heteroatoms. The highest BCUT2D eigenvalue weighted by atomic mass is 79.9. The van der Waals surface area contributed by atoms with Gasteiger partial charge in [-0.05, 0) is 40.5 Å². The predicted octanol–water partition coefficient (Wildman–Crippen LogP) is 4.10. The van der Waals surface area contributed by atoms with Gasteiger partial charge in [0.15, 0.2) is 0 Å². The summed E-state index contributed by atoms with van der Waals surface area (Å²) in [6.45, 7) is 1.82. The first kappa shape index (κ1) is 9.87. The second-order valence-corrected chi connectivity index (χ2v) is 4.30. The Hall–Kier alpha value is -0.670. The zero-order chi connectivity index (χ0) is 10.3. The lowest BCUT2D eigenvalue weighted by Crippen LogP contribution is -1.87. The summed E-state index contributed by atoms with van der Waals surface area (Å²) in [5.74, 6) is -0.339. The van der Waals surface area contributed by atoms with Gasteiger partial charge in [-0.15, -0.1) is 0 Å². The van der Waals surface area contributed by atoms with Gasteiger partial charge in [0, 0.05) is 11.6 Å². The van der Waals surface area contributed by atoms with E-state index >= 15 is 0 Å². The van der Waals surface area contributed by atoms with E-state index in [9.17, 15) is 4.39 Å². The highest BCUT2D eigenvalue weighted by Crippen LogP contribution is 2.31. The van der Waals surface area contributed by atoms with Crippen LogP contribution in [0.3, 0.4) is 0 Å². The van der Waals surface area contributed by atoms with Crippen molar-refractivity contribution in [1.82, 2.24) is 4.98 Å². The first-order valence-corrected chi connectivity index (χ1v) is 5.16. The molecule has 0 aliphatic heterocycles. The van der Waals surface area contributed by atoms with Crippen molar-refractivity contribution in [2.45, 2.75) is 6.92 Å². The van der Waals surface area contributed by atoms with Crippen LogP contribution in [0.25, 0.3) is 10.9 Å². The van der Waals surface area contributed by atoms with Gasteiger partial charge in [0.05, 0.1) is 9.50 Å². The van der Waals surface area contributed by atoms with Crippen LogP contribution in [0.4, 0.5) is 4.39 Å². The summed E-state index contributed by atoms with van der Waals surface area (Å²) in [5, 5.41) is 1.14. The number of benzene rings is 1. The molecule has 2 aromatic rings. The van der Waals surface area contributed by atoms with E-state index in [4.69, 9.17) is 11.6 Å². The Bertz CT molecular complexity index is 513. The number of rotatable bonds is 0. The SMILES string of the molecule is Cc1cc(F)c2ncc(Br)c(Cl)c2c1.